The van der Waals surface area contributed by atoms with Crippen LogP contribution in [-0.2, 0) is 16.0 Å². The van der Waals surface area contributed by atoms with Crippen LogP contribution in [0.1, 0.15) is 25.0 Å². The predicted molar refractivity (Wildman–Crippen MR) is 126 cm³/mol. The Hall–Kier alpha value is -2.16. The lowest BCUT2D eigenvalue weighted by Crippen LogP contribution is -2.41. The summed E-state index contributed by atoms with van der Waals surface area (Å²) in [6.07, 6.45) is 3.79. The second kappa shape index (κ2) is 11.1. The number of ether oxygens (including phenoxy) is 3. The fourth-order valence-electron chi connectivity index (χ4n) is 4.42. The Balaban J connectivity index is 1.26. The largest absolute Gasteiger partial charge is 0.493 e. The zero-order valence-electron chi connectivity index (χ0n) is 19.0. The van der Waals surface area contributed by atoms with E-state index in [9.17, 15) is 4.79 Å². The molecule has 0 bridgehead atoms. The van der Waals surface area contributed by atoms with Crippen LogP contribution in [-0.4, -0.2) is 80.8 Å². The van der Waals surface area contributed by atoms with Gasteiger partial charge in [0.05, 0.1) is 39.5 Å². The van der Waals surface area contributed by atoms with Crippen LogP contribution in [0.5, 0.6) is 11.5 Å². The van der Waals surface area contributed by atoms with Gasteiger partial charge >= 0.3 is 0 Å². The van der Waals surface area contributed by atoms with Crippen molar-refractivity contribution in [3.05, 3.63) is 29.3 Å². The van der Waals surface area contributed by atoms with E-state index in [-0.39, 0.29) is 5.91 Å². The highest BCUT2D eigenvalue weighted by molar-refractivity contribution is 7.13. The number of carbonyl (C=O) groups is 1. The van der Waals surface area contributed by atoms with Crippen LogP contribution in [0.4, 0.5) is 0 Å². The number of aromatic nitrogens is 1. The van der Waals surface area contributed by atoms with Crippen LogP contribution in [0.25, 0.3) is 10.6 Å². The molecule has 2 aliphatic rings. The third kappa shape index (κ3) is 5.79. The molecule has 0 atom stereocenters. The Morgan fingerprint density at radius 1 is 1.12 bits per heavy atom. The number of likely N-dealkylation sites (tertiary alicyclic amines) is 1. The van der Waals surface area contributed by atoms with Gasteiger partial charge in [0.25, 0.3) is 0 Å². The number of amides is 1. The molecule has 0 radical (unpaired) electrons. The van der Waals surface area contributed by atoms with Gasteiger partial charge in [-0.05, 0) is 49.9 Å². The maximum absolute atomic E-state index is 12.8. The number of hydrogen-bond acceptors (Lipinski definition) is 7. The third-order valence-electron chi connectivity index (χ3n) is 6.44. The Morgan fingerprint density at radius 3 is 2.59 bits per heavy atom. The lowest BCUT2D eigenvalue weighted by atomic mass is 9.93. The van der Waals surface area contributed by atoms with Crippen molar-refractivity contribution >= 4 is 17.2 Å². The van der Waals surface area contributed by atoms with Crippen molar-refractivity contribution in [2.75, 3.05) is 60.2 Å². The highest BCUT2D eigenvalue weighted by Crippen LogP contribution is 2.33. The molecule has 8 heteroatoms. The normalized spacial score (nSPS) is 18.0. The van der Waals surface area contributed by atoms with Crippen molar-refractivity contribution in [2.45, 2.75) is 25.7 Å². The first-order valence-corrected chi connectivity index (χ1v) is 12.3. The summed E-state index contributed by atoms with van der Waals surface area (Å²) in [4.78, 5) is 22.1. The van der Waals surface area contributed by atoms with Crippen molar-refractivity contribution in [2.24, 2.45) is 5.92 Å². The number of piperidine rings is 1. The average molecular weight is 460 g/mol. The Labute approximate surface area is 194 Å². The fourth-order valence-corrected chi connectivity index (χ4v) is 5.23. The van der Waals surface area contributed by atoms with E-state index in [1.807, 2.05) is 28.5 Å². The summed E-state index contributed by atoms with van der Waals surface area (Å²) in [7, 11) is 3.25. The van der Waals surface area contributed by atoms with Crippen LogP contribution < -0.4 is 9.47 Å². The van der Waals surface area contributed by atoms with Gasteiger partial charge in [0.15, 0.2) is 11.5 Å². The van der Waals surface area contributed by atoms with E-state index in [4.69, 9.17) is 19.2 Å². The number of rotatable bonds is 8. The van der Waals surface area contributed by atoms with Crippen molar-refractivity contribution in [1.29, 1.82) is 0 Å². The number of thiazole rings is 1. The van der Waals surface area contributed by atoms with Gasteiger partial charge in [-0.1, -0.05) is 0 Å². The van der Waals surface area contributed by atoms with Crippen LogP contribution in [0.2, 0.25) is 0 Å². The molecule has 2 aromatic rings. The molecule has 1 amide bonds. The first kappa shape index (κ1) is 23.0. The van der Waals surface area contributed by atoms with Crippen LogP contribution in [0, 0.1) is 5.92 Å². The standard InChI is InChI=1S/C24H33N3O4S/c1-29-21-4-3-19(15-22(21)30-2)24-25-20(17-32-24)16-23(28)27-9-6-18(7-10-27)5-8-26-11-13-31-14-12-26/h3-4,15,17-18H,5-14,16H2,1-2H3. The van der Waals surface area contributed by atoms with Crippen molar-refractivity contribution < 1.29 is 19.0 Å². The Morgan fingerprint density at radius 2 is 1.88 bits per heavy atom. The molecule has 1 aromatic heterocycles. The van der Waals surface area contributed by atoms with Gasteiger partial charge in [-0.3, -0.25) is 9.69 Å². The first-order valence-electron chi connectivity index (χ1n) is 11.4. The Kier molecular flexibility index (Phi) is 8.00. The number of nitrogens with zero attached hydrogens (tertiary/aromatic N) is 3. The molecule has 0 aliphatic carbocycles. The number of carbonyl (C=O) groups excluding carboxylic acids is 1. The molecule has 0 saturated carbocycles. The molecule has 0 spiro atoms. The van der Waals surface area contributed by atoms with Crippen molar-refractivity contribution in [1.82, 2.24) is 14.8 Å². The number of methoxy groups -OCH3 is 2. The minimum absolute atomic E-state index is 0.181. The van der Waals surface area contributed by atoms with E-state index in [2.05, 4.69) is 4.90 Å². The van der Waals surface area contributed by atoms with Crippen LogP contribution in [0.15, 0.2) is 23.6 Å². The maximum atomic E-state index is 12.8. The second-order valence-corrected chi connectivity index (χ2v) is 9.32. The highest BCUT2D eigenvalue weighted by atomic mass is 32.1. The van der Waals surface area contributed by atoms with Gasteiger partial charge in [0.2, 0.25) is 5.91 Å². The van der Waals surface area contributed by atoms with Gasteiger partial charge in [-0.2, -0.15) is 0 Å². The van der Waals surface area contributed by atoms with Gasteiger partial charge < -0.3 is 19.1 Å². The molecule has 7 nitrogen and oxygen atoms in total. The Bertz CT molecular complexity index is 889. The highest BCUT2D eigenvalue weighted by Gasteiger charge is 2.24. The minimum atomic E-state index is 0.181. The van der Waals surface area contributed by atoms with Crippen LogP contribution in [0.3, 0.4) is 0 Å². The lowest BCUT2D eigenvalue weighted by molar-refractivity contribution is -0.131. The minimum Gasteiger partial charge on any atom is -0.493 e. The quantitative estimate of drug-likeness (QED) is 0.603. The topological polar surface area (TPSA) is 64.1 Å². The molecule has 2 fully saturated rings. The summed E-state index contributed by atoms with van der Waals surface area (Å²) in [6, 6.07) is 5.77. The zero-order chi connectivity index (χ0) is 22.3. The maximum Gasteiger partial charge on any atom is 0.228 e. The van der Waals surface area contributed by atoms with E-state index in [1.165, 1.54) is 6.42 Å². The zero-order valence-corrected chi connectivity index (χ0v) is 19.9. The molecule has 1 aromatic carbocycles. The summed E-state index contributed by atoms with van der Waals surface area (Å²) in [5, 5.41) is 2.87. The lowest BCUT2D eigenvalue weighted by Gasteiger charge is -2.34. The molecule has 174 valence electrons. The summed E-state index contributed by atoms with van der Waals surface area (Å²) >= 11 is 1.55. The van der Waals surface area contributed by atoms with E-state index < -0.39 is 0 Å². The molecular formula is C24H33N3O4S. The monoisotopic (exact) mass is 459 g/mol. The van der Waals surface area contributed by atoms with Crippen molar-refractivity contribution in [3.63, 3.8) is 0 Å². The molecule has 3 heterocycles. The fraction of sp³-hybridized carbons (Fsp3) is 0.583. The molecule has 32 heavy (non-hydrogen) atoms. The van der Waals surface area contributed by atoms with Crippen molar-refractivity contribution in [3.8, 4) is 22.1 Å². The van der Waals surface area contributed by atoms with Gasteiger partial charge in [0.1, 0.15) is 5.01 Å². The van der Waals surface area contributed by atoms with Gasteiger partial charge in [-0.15, -0.1) is 11.3 Å². The predicted octanol–water partition coefficient (Wildman–Crippen LogP) is 3.33. The summed E-state index contributed by atoms with van der Waals surface area (Å²) in [5.41, 5.74) is 1.80. The van der Waals surface area contributed by atoms with E-state index in [0.29, 0.717) is 17.9 Å². The summed E-state index contributed by atoms with van der Waals surface area (Å²) in [5.74, 6) is 2.27. The SMILES string of the molecule is COc1ccc(-c2nc(CC(=O)N3CCC(CCN4CCOCC4)CC3)cs2)cc1OC. The summed E-state index contributed by atoms with van der Waals surface area (Å²) < 4.78 is 16.1. The van der Waals surface area contributed by atoms with Gasteiger partial charge in [0, 0.05) is 37.1 Å². The summed E-state index contributed by atoms with van der Waals surface area (Å²) in [6.45, 7) is 6.69. The first-order chi connectivity index (χ1) is 15.7. The van der Waals surface area contributed by atoms with Gasteiger partial charge in [-0.25, -0.2) is 4.98 Å². The molecule has 2 saturated heterocycles. The number of hydrogen-bond donors (Lipinski definition) is 0. The van der Waals surface area contributed by atoms with Crippen LogP contribution >= 0.6 is 11.3 Å². The molecular weight excluding hydrogens is 426 g/mol. The molecule has 0 unspecified atom stereocenters. The second-order valence-electron chi connectivity index (χ2n) is 8.46. The smallest absolute Gasteiger partial charge is 0.228 e. The van der Waals surface area contributed by atoms with E-state index in [1.54, 1.807) is 25.6 Å². The molecule has 0 N–H and O–H groups in total. The molecule has 4 rings (SSSR count). The molecule has 2 aliphatic heterocycles. The van der Waals surface area contributed by atoms with E-state index in [0.717, 1.165) is 81.0 Å². The number of benzene rings is 1. The van der Waals surface area contributed by atoms with E-state index >= 15 is 0 Å². The number of morpholine rings is 1. The third-order valence-corrected chi connectivity index (χ3v) is 7.38. The average Bonchev–Trinajstić information content (AvgIpc) is 3.31.